The van der Waals surface area contributed by atoms with Crippen molar-refractivity contribution in [1.82, 2.24) is 5.32 Å². The molecule has 2 N–H and O–H groups in total. The number of halogens is 1. The van der Waals surface area contributed by atoms with Gasteiger partial charge in [-0.25, -0.2) is 0 Å². The molecule has 2 atom stereocenters. The van der Waals surface area contributed by atoms with Gasteiger partial charge in [0.25, 0.3) is 0 Å². The summed E-state index contributed by atoms with van der Waals surface area (Å²) in [6, 6.07) is 17.7. The van der Waals surface area contributed by atoms with E-state index in [9.17, 15) is 4.79 Å². The fraction of sp³-hybridized carbons (Fsp3) is 0.381. The lowest BCUT2D eigenvalue weighted by molar-refractivity contribution is -0.123. The molecule has 1 amide bonds. The molecule has 2 aromatic rings. The largest absolute Gasteiger partial charge is 0.376 e. The van der Waals surface area contributed by atoms with E-state index in [1.165, 1.54) is 5.56 Å². The van der Waals surface area contributed by atoms with Crippen molar-refractivity contribution in [2.75, 3.05) is 25.1 Å². The zero-order valence-corrected chi connectivity index (χ0v) is 16.3. The molecule has 0 radical (unpaired) electrons. The first kappa shape index (κ1) is 21.4. The highest BCUT2D eigenvalue weighted by atomic mass is 35.5. The summed E-state index contributed by atoms with van der Waals surface area (Å²) in [4.78, 5) is 12.4. The second kappa shape index (κ2) is 11.0. The minimum Gasteiger partial charge on any atom is -0.376 e. The molecule has 2 aromatic carbocycles. The molecule has 6 heteroatoms. The molecule has 0 saturated carbocycles. The minimum absolute atomic E-state index is 0. The van der Waals surface area contributed by atoms with E-state index < -0.39 is 0 Å². The Balaban J connectivity index is 0.00000261. The van der Waals surface area contributed by atoms with Gasteiger partial charge in [0.15, 0.2) is 0 Å². The van der Waals surface area contributed by atoms with Gasteiger partial charge in [-0.05, 0) is 36.6 Å². The molecule has 1 aliphatic heterocycles. The predicted octanol–water partition coefficient (Wildman–Crippen LogP) is 3.18. The fourth-order valence-electron chi connectivity index (χ4n) is 3.01. The van der Waals surface area contributed by atoms with Crippen LogP contribution >= 0.6 is 12.4 Å². The van der Waals surface area contributed by atoms with Crippen LogP contribution in [0.3, 0.4) is 0 Å². The van der Waals surface area contributed by atoms with Crippen molar-refractivity contribution in [3.63, 3.8) is 0 Å². The third-order valence-electron chi connectivity index (χ3n) is 4.44. The number of ether oxygens (including phenoxy) is 2. The number of benzene rings is 2. The molecule has 0 aliphatic carbocycles. The molecule has 1 saturated heterocycles. The van der Waals surface area contributed by atoms with Gasteiger partial charge in [-0.15, -0.1) is 12.4 Å². The molecule has 1 heterocycles. The number of hydrogen-bond acceptors (Lipinski definition) is 4. The molecular formula is C21H27ClN2O3. The summed E-state index contributed by atoms with van der Waals surface area (Å²) in [5.41, 5.74) is 3.08. The highest BCUT2D eigenvalue weighted by molar-refractivity contribution is 5.95. The standard InChI is InChI=1S/C21H26N2O3.ClH/c1-16-20(22-11-13-26-16)21(24)23-19-9-5-8-18(14-19)15-25-12-10-17-6-3-2-4-7-17;/h2-9,14,16,20,22H,10-13,15H2,1H3,(H,23,24);1H/t16-,20+;/m1./s1. The average Bonchev–Trinajstić information content (AvgIpc) is 2.67. The Bertz CT molecular complexity index is 712. The predicted molar refractivity (Wildman–Crippen MR) is 109 cm³/mol. The first-order chi connectivity index (χ1) is 12.7. The number of amides is 1. The van der Waals surface area contributed by atoms with Gasteiger partial charge in [-0.1, -0.05) is 42.5 Å². The lowest BCUT2D eigenvalue weighted by Gasteiger charge is -2.29. The van der Waals surface area contributed by atoms with E-state index in [0.29, 0.717) is 26.4 Å². The van der Waals surface area contributed by atoms with Gasteiger partial charge >= 0.3 is 0 Å². The number of hydrogen-bond donors (Lipinski definition) is 2. The van der Waals surface area contributed by atoms with Crippen LogP contribution in [-0.4, -0.2) is 37.8 Å². The van der Waals surface area contributed by atoms with Crippen LogP contribution in [0, 0.1) is 0 Å². The van der Waals surface area contributed by atoms with Crippen LogP contribution < -0.4 is 10.6 Å². The van der Waals surface area contributed by atoms with Crippen LogP contribution in [0.25, 0.3) is 0 Å². The van der Waals surface area contributed by atoms with Crippen molar-refractivity contribution in [2.45, 2.75) is 32.1 Å². The number of carbonyl (C=O) groups excluding carboxylic acids is 1. The van der Waals surface area contributed by atoms with Gasteiger partial charge < -0.3 is 20.1 Å². The topological polar surface area (TPSA) is 59.6 Å². The monoisotopic (exact) mass is 390 g/mol. The summed E-state index contributed by atoms with van der Waals surface area (Å²) in [5, 5.41) is 6.16. The molecule has 0 bridgehead atoms. The first-order valence-corrected chi connectivity index (χ1v) is 9.09. The third kappa shape index (κ3) is 6.63. The Hall–Kier alpha value is -1.92. The number of rotatable bonds is 7. The van der Waals surface area contributed by atoms with E-state index in [1.54, 1.807) is 0 Å². The summed E-state index contributed by atoms with van der Waals surface area (Å²) in [6.07, 6.45) is 0.760. The molecule has 1 aliphatic rings. The van der Waals surface area contributed by atoms with Gasteiger partial charge in [-0.3, -0.25) is 4.79 Å². The van der Waals surface area contributed by atoms with Gasteiger partial charge in [0, 0.05) is 12.2 Å². The maximum Gasteiger partial charge on any atom is 0.244 e. The van der Waals surface area contributed by atoms with Crippen LogP contribution in [0.2, 0.25) is 0 Å². The highest BCUT2D eigenvalue weighted by Gasteiger charge is 2.28. The van der Waals surface area contributed by atoms with Crippen molar-refractivity contribution in [2.24, 2.45) is 0 Å². The quantitative estimate of drug-likeness (QED) is 0.713. The molecule has 5 nitrogen and oxygen atoms in total. The zero-order chi connectivity index (χ0) is 18.2. The Kier molecular flexibility index (Phi) is 8.75. The number of nitrogens with one attached hydrogen (secondary N) is 2. The molecule has 0 aromatic heterocycles. The number of carbonyl (C=O) groups is 1. The summed E-state index contributed by atoms with van der Waals surface area (Å²) in [7, 11) is 0. The molecule has 1 fully saturated rings. The van der Waals surface area contributed by atoms with Crippen molar-refractivity contribution in [1.29, 1.82) is 0 Å². The van der Waals surface area contributed by atoms with E-state index >= 15 is 0 Å². The molecule has 146 valence electrons. The molecule has 3 rings (SSSR count). The molecule has 27 heavy (non-hydrogen) atoms. The summed E-state index contributed by atoms with van der Waals surface area (Å²) in [6.45, 7) is 4.44. The highest BCUT2D eigenvalue weighted by Crippen LogP contribution is 2.14. The Morgan fingerprint density at radius 1 is 1.19 bits per heavy atom. The lowest BCUT2D eigenvalue weighted by Crippen LogP contribution is -2.53. The molecular weight excluding hydrogens is 364 g/mol. The van der Waals surface area contributed by atoms with Gasteiger partial charge in [0.2, 0.25) is 5.91 Å². The SMILES string of the molecule is C[C@H]1OCCN[C@@H]1C(=O)Nc1cccc(COCCc2ccccc2)c1.Cl. The van der Waals surface area contributed by atoms with Crippen LogP contribution in [0.5, 0.6) is 0 Å². The Labute approximate surface area is 166 Å². The Morgan fingerprint density at radius 2 is 1.96 bits per heavy atom. The van der Waals surface area contributed by atoms with E-state index in [0.717, 1.165) is 17.7 Å². The van der Waals surface area contributed by atoms with Crippen molar-refractivity contribution in [3.05, 3.63) is 65.7 Å². The fourth-order valence-corrected chi connectivity index (χ4v) is 3.01. The van der Waals surface area contributed by atoms with Crippen LogP contribution in [0.1, 0.15) is 18.1 Å². The van der Waals surface area contributed by atoms with Gasteiger partial charge in [0.1, 0.15) is 6.04 Å². The minimum atomic E-state index is -0.325. The van der Waals surface area contributed by atoms with Crippen molar-refractivity contribution in [3.8, 4) is 0 Å². The van der Waals surface area contributed by atoms with Crippen LogP contribution in [-0.2, 0) is 27.3 Å². The second-order valence-corrected chi connectivity index (χ2v) is 6.49. The van der Waals surface area contributed by atoms with Crippen LogP contribution in [0.4, 0.5) is 5.69 Å². The summed E-state index contributed by atoms with van der Waals surface area (Å²) < 4.78 is 11.3. The summed E-state index contributed by atoms with van der Waals surface area (Å²) >= 11 is 0. The van der Waals surface area contributed by atoms with Crippen molar-refractivity contribution < 1.29 is 14.3 Å². The van der Waals surface area contributed by atoms with E-state index in [2.05, 4.69) is 22.8 Å². The van der Waals surface area contributed by atoms with Gasteiger partial charge in [-0.2, -0.15) is 0 Å². The first-order valence-electron chi connectivity index (χ1n) is 9.09. The molecule has 0 unspecified atom stereocenters. The van der Waals surface area contributed by atoms with Crippen LogP contribution in [0.15, 0.2) is 54.6 Å². The smallest absolute Gasteiger partial charge is 0.244 e. The third-order valence-corrected chi connectivity index (χ3v) is 4.44. The van der Waals surface area contributed by atoms with E-state index in [1.807, 2.05) is 49.4 Å². The molecule has 0 spiro atoms. The van der Waals surface area contributed by atoms with Crippen molar-refractivity contribution >= 4 is 24.0 Å². The maximum atomic E-state index is 12.4. The Morgan fingerprint density at radius 3 is 2.74 bits per heavy atom. The van der Waals surface area contributed by atoms with Gasteiger partial charge in [0.05, 0.1) is 25.9 Å². The second-order valence-electron chi connectivity index (χ2n) is 6.49. The lowest BCUT2D eigenvalue weighted by atomic mass is 10.1. The zero-order valence-electron chi connectivity index (χ0n) is 15.5. The number of anilines is 1. The van der Waals surface area contributed by atoms with E-state index in [-0.39, 0.29) is 30.5 Å². The maximum absolute atomic E-state index is 12.4. The normalized spacial score (nSPS) is 19.1. The average molecular weight is 391 g/mol. The number of morpholine rings is 1. The van der Waals surface area contributed by atoms with E-state index in [4.69, 9.17) is 9.47 Å². The summed E-state index contributed by atoms with van der Waals surface area (Å²) in [5.74, 6) is -0.0701.